The van der Waals surface area contributed by atoms with Gasteiger partial charge in [0.25, 0.3) is 0 Å². The highest BCUT2D eigenvalue weighted by Gasteiger charge is 2.65. The standard InChI is InChI=1S/C52H74N2O10/c1-5-8-9-10-11-12-13-14-15-20-31-60-51(57)54(36-38-23-25-46-47(32-38)62-37-61-46)48-35-44(53-58-4)42-33-39(21-16-18-27-55)41(22-17-19-28-56)49-43-34-40(59-29-6-2)24-26-45(43)64-52(48,50(42)49)63-30-7-3/h6-7,23-26,32-34,39,41,48-50,55-56H,2-3,5,8-22,27-31,35-37H2,1,4H3. The van der Waals surface area contributed by atoms with Crippen LogP contribution < -0.4 is 18.9 Å². The molecule has 2 aliphatic carbocycles. The summed E-state index contributed by atoms with van der Waals surface area (Å²) in [6.07, 6.45) is 22.0. The summed E-state index contributed by atoms with van der Waals surface area (Å²) < 4.78 is 38.3. The molecular formula is C52H74N2O10. The number of allylic oxidation sites excluding steroid dienone is 1. The minimum Gasteiger partial charge on any atom is -0.490 e. The molecule has 0 aromatic heterocycles. The van der Waals surface area contributed by atoms with Gasteiger partial charge in [0, 0.05) is 37.7 Å². The number of carbonyl (C=O) groups excluding carboxylic acids is 1. The van der Waals surface area contributed by atoms with Crippen LogP contribution in [0.2, 0.25) is 0 Å². The number of aliphatic hydroxyl groups is 2. The van der Waals surface area contributed by atoms with Gasteiger partial charge in [-0.05, 0) is 85.4 Å². The molecule has 6 rings (SSSR count). The number of aliphatic hydroxyl groups excluding tert-OH is 2. The average Bonchev–Trinajstić information content (AvgIpc) is 3.78. The first-order chi connectivity index (χ1) is 31.4. The van der Waals surface area contributed by atoms with Crippen LogP contribution >= 0.6 is 0 Å². The lowest BCUT2D eigenvalue weighted by Gasteiger charge is -2.59. The van der Waals surface area contributed by atoms with Crippen molar-refractivity contribution in [2.45, 2.75) is 140 Å². The van der Waals surface area contributed by atoms with Gasteiger partial charge in [-0.3, -0.25) is 4.90 Å². The second-order valence-corrected chi connectivity index (χ2v) is 17.7. The molecule has 0 radical (unpaired) electrons. The van der Waals surface area contributed by atoms with Gasteiger partial charge in [-0.25, -0.2) is 4.79 Å². The highest BCUT2D eigenvalue weighted by Crippen LogP contribution is 2.62. The molecule has 2 heterocycles. The Bertz CT molecular complexity index is 1860. The van der Waals surface area contributed by atoms with E-state index in [2.05, 4.69) is 32.2 Å². The Balaban J connectivity index is 1.42. The van der Waals surface area contributed by atoms with Crippen LogP contribution in [0.25, 0.3) is 0 Å². The topological polar surface area (TPSA) is 138 Å². The lowest BCUT2D eigenvalue weighted by atomic mass is 9.55. The van der Waals surface area contributed by atoms with Crippen molar-refractivity contribution >= 4 is 11.8 Å². The molecule has 0 spiro atoms. The normalized spacial score (nSPS) is 23.3. The maximum Gasteiger partial charge on any atom is 0.410 e. The predicted molar refractivity (Wildman–Crippen MR) is 249 cm³/mol. The first-order valence-corrected chi connectivity index (χ1v) is 24.1. The monoisotopic (exact) mass is 887 g/mol. The van der Waals surface area contributed by atoms with Crippen LogP contribution in [0, 0.1) is 17.8 Å². The van der Waals surface area contributed by atoms with Crippen molar-refractivity contribution in [3.05, 3.63) is 84.5 Å². The van der Waals surface area contributed by atoms with Crippen molar-refractivity contribution in [2.75, 3.05) is 46.9 Å². The number of hydrogen-bond acceptors (Lipinski definition) is 11. The zero-order chi connectivity index (χ0) is 45.2. The van der Waals surface area contributed by atoms with Crippen LogP contribution in [0.1, 0.15) is 133 Å². The molecular weight excluding hydrogens is 813 g/mol. The molecule has 1 saturated carbocycles. The molecule has 4 aliphatic rings. The fourth-order valence-corrected chi connectivity index (χ4v) is 10.4. The number of amides is 1. The summed E-state index contributed by atoms with van der Waals surface area (Å²) in [4.78, 5) is 22.3. The van der Waals surface area contributed by atoms with Gasteiger partial charge in [0.1, 0.15) is 31.3 Å². The van der Waals surface area contributed by atoms with E-state index in [1.54, 1.807) is 24.2 Å². The Labute approximate surface area is 381 Å². The summed E-state index contributed by atoms with van der Waals surface area (Å²) in [5.74, 6) is 0.745. The Morgan fingerprint density at radius 2 is 1.56 bits per heavy atom. The van der Waals surface area contributed by atoms with Gasteiger partial charge in [-0.15, -0.1) is 6.58 Å². The minimum atomic E-state index is -1.42. The number of fused-ring (bicyclic) bond motifs is 3. The van der Waals surface area contributed by atoms with Crippen molar-refractivity contribution in [2.24, 2.45) is 22.9 Å². The van der Waals surface area contributed by atoms with E-state index in [1.807, 2.05) is 30.3 Å². The van der Waals surface area contributed by atoms with Crippen LogP contribution in [0.15, 0.2) is 78.5 Å². The first kappa shape index (κ1) is 48.9. The van der Waals surface area contributed by atoms with E-state index in [-0.39, 0.29) is 63.9 Å². The minimum absolute atomic E-state index is 0.0798. The third kappa shape index (κ3) is 12.0. The fraction of sp³-hybridized carbons (Fsp3) is 0.615. The Kier molecular flexibility index (Phi) is 19.3. The van der Waals surface area contributed by atoms with E-state index in [1.165, 1.54) is 44.9 Å². The number of unbranched alkanes of at least 4 members (excludes halogenated alkanes) is 11. The van der Waals surface area contributed by atoms with Crippen molar-refractivity contribution in [1.82, 2.24) is 4.90 Å². The van der Waals surface area contributed by atoms with Crippen molar-refractivity contribution < 1.29 is 48.3 Å². The van der Waals surface area contributed by atoms with Crippen LogP contribution in [0.4, 0.5) is 4.79 Å². The van der Waals surface area contributed by atoms with Gasteiger partial charge in [0.05, 0.1) is 24.8 Å². The fourth-order valence-electron chi connectivity index (χ4n) is 10.4. The molecule has 2 aromatic carbocycles. The highest BCUT2D eigenvalue weighted by atomic mass is 16.7. The molecule has 64 heavy (non-hydrogen) atoms. The zero-order valence-corrected chi connectivity index (χ0v) is 38.5. The SMILES string of the molecule is C=CCOc1ccc2c(c1)C1C(CCCCO)C(CCCCO)C=C3C(=NOC)CC(N(Cc4ccc5c(c4)OCO5)C(=O)OCCCCCCCCCCCC)C(OCC=C)(O2)C31. The molecule has 12 nitrogen and oxygen atoms in total. The van der Waals surface area contributed by atoms with E-state index in [0.717, 1.165) is 61.6 Å². The van der Waals surface area contributed by atoms with Crippen molar-refractivity contribution in [1.29, 1.82) is 0 Å². The molecule has 12 heteroatoms. The number of hydrogen-bond donors (Lipinski definition) is 2. The van der Waals surface area contributed by atoms with Crippen LogP contribution in [-0.2, 0) is 20.9 Å². The number of rotatable bonds is 29. The predicted octanol–water partition coefficient (Wildman–Crippen LogP) is 10.8. The van der Waals surface area contributed by atoms with Crippen molar-refractivity contribution in [3.8, 4) is 23.0 Å². The number of nitrogens with zero attached hydrogens (tertiary/aromatic N) is 2. The summed E-state index contributed by atoms with van der Waals surface area (Å²) in [6, 6.07) is 10.9. The molecule has 0 bridgehead atoms. The smallest absolute Gasteiger partial charge is 0.410 e. The maximum absolute atomic E-state index is 14.9. The van der Waals surface area contributed by atoms with Gasteiger partial charge >= 0.3 is 6.09 Å². The molecule has 6 atom stereocenters. The Hall–Kier alpha value is -4.52. The molecule has 0 saturated heterocycles. The number of oxime groups is 1. The Morgan fingerprint density at radius 1 is 0.859 bits per heavy atom. The maximum atomic E-state index is 14.9. The van der Waals surface area contributed by atoms with Crippen LogP contribution in [-0.4, -0.2) is 85.7 Å². The first-order valence-electron chi connectivity index (χ1n) is 24.1. The third-order valence-corrected chi connectivity index (χ3v) is 13.3. The molecule has 2 aromatic rings. The molecule has 2 N–H and O–H groups in total. The second kappa shape index (κ2) is 25.2. The van der Waals surface area contributed by atoms with E-state index in [4.69, 9.17) is 38.4 Å². The number of carbonyl (C=O) groups is 1. The van der Waals surface area contributed by atoms with E-state index in [0.29, 0.717) is 48.2 Å². The van der Waals surface area contributed by atoms with Gasteiger partial charge in [0.15, 0.2) is 11.5 Å². The molecule has 1 amide bonds. The lowest BCUT2D eigenvalue weighted by Crippen LogP contribution is -2.70. The lowest BCUT2D eigenvalue weighted by molar-refractivity contribution is -0.256. The molecule has 1 fully saturated rings. The quantitative estimate of drug-likeness (QED) is 0.0461. The average molecular weight is 887 g/mol. The summed E-state index contributed by atoms with van der Waals surface area (Å²) >= 11 is 0. The van der Waals surface area contributed by atoms with Crippen LogP contribution in [0.3, 0.4) is 0 Å². The van der Waals surface area contributed by atoms with Crippen LogP contribution in [0.5, 0.6) is 23.0 Å². The van der Waals surface area contributed by atoms with E-state index < -0.39 is 23.8 Å². The third-order valence-electron chi connectivity index (χ3n) is 13.3. The number of benzene rings is 2. The molecule has 2 aliphatic heterocycles. The number of ether oxygens (including phenoxy) is 6. The van der Waals surface area contributed by atoms with Gasteiger partial charge in [-0.1, -0.05) is 114 Å². The van der Waals surface area contributed by atoms with E-state index in [9.17, 15) is 15.0 Å². The van der Waals surface area contributed by atoms with Gasteiger partial charge < -0.3 is 43.5 Å². The van der Waals surface area contributed by atoms with Gasteiger partial charge in [-0.2, -0.15) is 0 Å². The largest absolute Gasteiger partial charge is 0.490 e. The van der Waals surface area contributed by atoms with E-state index >= 15 is 0 Å². The molecule has 6 unspecified atom stereocenters. The summed E-state index contributed by atoms with van der Waals surface area (Å²) in [7, 11) is 1.55. The summed E-state index contributed by atoms with van der Waals surface area (Å²) in [6.45, 7) is 11.5. The second-order valence-electron chi connectivity index (χ2n) is 17.7. The van der Waals surface area contributed by atoms with Crippen molar-refractivity contribution in [3.63, 3.8) is 0 Å². The summed E-state index contributed by atoms with van der Waals surface area (Å²) in [5, 5.41) is 24.5. The highest BCUT2D eigenvalue weighted by molar-refractivity contribution is 6.03. The Morgan fingerprint density at radius 3 is 2.28 bits per heavy atom. The molecule has 352 valence electrons. The zero-order valence-electron chi connectivity index (χ0n) is 38.5. The summed E-state index contributed by atoms with van der Waals surface area (Å²) in [5.41, 5.74) is 3.49. The van der Waals surface area contributed by atoms with Gasteiger partial charge in [0.2, 0.25) is 12.6 Å².